The number of halogens is 1. The Labute approximate surface area is 180 Å². The van der Waals surface area contributed by atoms with Crippen molar-refractivity contribution in [2.45, 2.75) is 31.4 Å². The summed E-state index contributed by atoms with van der Waals surface area (Å²) in [4.78, 5) is 26.4. The second-order valence-electron chi connectivity index (χ2n) is 7.85. The van der Waals surface area contributed by atoms with Crippen molar-refractivity contribution in [3.63, 3.8) is 0 Å². The van der Waals surface area contributed by atoms with Crippen LogP contribution in [-0.4, -0.2) is 40.5 Å². The number of rotatable bonds is 4. The molecule has 1 saturated heterocycles. The number of fused-ring (bicyclic) bond motifs is 1. The SMILES string of the molecule is O=C(C=Cc1ccc2c(c1)C(=O)CC1(CCN(Cc3ccc(Cl)cc3)CC1)O2)NO. The highest BCUT2D eigenvalue weighted by molar-refractivity contribution is 6.30. The lowest BCUT2D eigenvalue weighted by Crippen LogP contribution is -2.50. The van der Waals surface area contributed by atoms with E-state index in [-0.39, 0.29) is 5.78 Å². The number of likely N-dealkylation sites (tertiary alicyclic amines) is 1. The summed E-state index contributed by atoms with van der Waals surface area (Å²) in [6.07, 6.45) is 4.69. The molecule has 1 fully saturated rings. The molecular weight excluding hydrogens is 404 g/mol. The van der Waals surface area contributed by atoms with Crippen molar-refractivity contribution < 1.29 is 19.5 Å². The Morgan fingerprint density at radius 1 is 1.20 bits per heavy atom. The highest BCUT2D eigenvalue weighted by atomic mass is 35.5. The van der Waals surface area contributed by atoms with Gasteiger partial charge in [-0.2, -0.15) is 0 Å². The predicted octanol–water partition coefficient (Wildman–Crippen LogP) is 3.86. The topological polar surface area (TPSA) is 78.9 Å². The molecular formula is C23H23ClN2O4. The molecule has 2 aliphatic rings. The minimum Gasteiger partial charge on any atom is -0.486 e. The van der Waals surface area contributed by atoms with Crippen LogP contribution in [0.3, 0.4) is 0 Å². The maximum atomic E-state index is 12.9. The molecule has 1 amide bonds. The fourth-order valence-electron chi connectivity index (χ4n) is 4.07. The van der Waals surface area contributed by atoms with Gasteiger partial charge in [0.2, 0.25) is 0 Å². The Morgan fingerprint density at radius 2 is 1.93 bits per heavy atom. The normalized spacial score (nSPS) is 18.3. The van der Waals surface area contributed by atoms with Crippen LogP contribution in [0, 0.1) is 0 Å². The number of ketones is 1. The number of ether oxygens (including phenoxy) is 1. The van der Waals surface area contributed by atoms with E-state index in [4.69, 9.17) is 21.5 Å². The van der Waals surface area contributed by atoms with Crippen molar-refractivity contribution in [2.75, 3.05) is 13.1 Å². The van der Waals surface area contributed by atoms with Crippen LogP contribution < -0.4 is 10.2 Å². The number of nitrogens with one attached hydrogen (secondary N) is 1. The van der Waals surface area contributed by atoms with Crippen molar-refractivity contribution in [1.29, 1.82) is 0 Å². The van der Waals surface area contributed by atoms with Crippen LogP contribution in [-0.2, 0) is 11.3 Å². The van der Waals surface area contributed by atoms with E-state index in [0.29, 0.717) is 23.3 Å². The van der Waals surface area contributed by atoms with E-state index in [1.807, 2.05) is 24.3 Å². The number of hydrogen-bond donors (Lipinski definition) is 2. The third-order valence-electron chi connectivity index (χ3n) is 5.74. The van der Waals surface area contributed by atoms with E-state index in [1.165, 1.54) is 17.1 Å². The highest BCUT2D eigenvalue weighted by Gasteiger charge is 2.42. The summed E-state index contributed by atoms with van der Waals surface area (Å²) in [6.45, 7) is 2.58. The quantitative estimate of drug-likeness (QED) is 0.441. The van der Waals surface area contributed by atoms with Gasteiger partial charge in [0.05, 0.1) is 12.0 Å². The van der Waals surface area contributed by atoms with Crippen molar-refractivity contribution in [2.24, 2.45) is 0 Å². The van der Waals surface area contributed by atoms with Crippen LogP contribution in [0.2, 0.25) is 5.02 Å². The monoisotopic (exact) mass is 426 g/mol. The first-order valence-corrected chi connectivity index (χ1v) is 10.3. The molecule has 2 aromatic carbocycles. The lowest BCUT2D eigenvalue weighted by Gasteiger charge is -2.44. The van der Waals surface area contributed by atoms with Gasteiger partial charge in [0.15, 0.2) is 5.78 Å². The predicted molar refractivity (Wildman–Crippen MR) is 114 cm³/mol. The average Bonchev–Trinajstić information content (AvgIpc) is 2.75. The molecule has 2 heterocycles. The van der Waals surface area contributed by atoms with Crippen molar-refractivity contribution in [1.82, 2.24) is 10.4 Å². The molecule has 7 heteroatoms. The lowest BCUT2D eigenvalue weighted by molar-refractivity contribution is -0.124. The van der Waals surface area contributed by atoms with Crippen LogP contribution in [0.15, 0.2) is 48.5 Å². The van der Waals surface area contributed by atoms with Crippen LogP contribution in [0.1, 0.15) is 40.7 Å². The Bertz CT molecular complexity index is 979. The number of amides is 1. The Kier molecular flexibility index (Phi) is 5.90. The van der Waals surface area contributed by atoms with Gasteiger partial charge in [-0.25, -0.2) is 5.48 Å². The third kappa shape index (κ3) is 4.56. The number of hydrogen-bond acceptors (Lipinski definition) is 5. The first-order chi connectivity index (χ1) is 14.5. The number of hydroxylamine groups is 1. The standard InChI is InChI=1S/C23H23ClN2O4/c24-18-5-1-17(2-6-18)15-26-11-9-23(10-12-26)14-20(27)19-13-16(3-7-21(19)30-23)4-8-22(28)25-29/h1-8,13,29H,9-12,14-15H2,(H,25,28). The molecule has 0 atom stereocenters. The molecule has 0 radical (unpaired) electrons. The minimum atomic E-state index is -0.625. The number of piperidine rings is 1. The van der Waals surface area contributed by atoms with Crippen LogP contribution in [0.4, 0.5) is 0 Å². The lowest BCUT2D eigenvalue weighted by atomic mass is 9.82. The summed E-state index contributed by atoms with van der Waals surface area (Å²) in [7, 11) is 0. The van der Waals surface area contributed by atoms with Gasteiger partial charge in [-0.15, -0.1) is 0 Å². The molecule has 2 N–H and O–H groups in total. The minimum absolute atomic E-state index is 0.0595. The van der Waals surface area contributed by atoms with Gasteiger partial charge in [0.25, 0.3) is 5.91 Å². The van der Waals surface area contributed by atoms with Gasteiger partial charge in [0, 0.05) is 43.6 Å². The third-order valence-corrected chi connectivity index (χ3v) is 5.99. The van der Waals surface area contributed by atoms with Gasteiger partial charge in [0.1, 0.15) is 11.4 Å². The van der Waals surface area contributed by atoms with Crippen molar-refractivity contribution >= 4 is 29.4 Å². The summed E-state index contributed by atoms with van der Waals surface area (Å²) in [5, 5.41) is 9.30. The summed E-state index contributed by atoms with van der Waals surface area (Å²) >= 11 is 5.96. The molecule has 156 valence electrons. The largest absolute Gasteiger partial charge is 0.486 e. The van der Waals surface area contributed by atoms with Crippen LogP contribution in [0.5, 0.6) is 5.75 Å². The average molecular weight is 427 g/mol. The summed E-state index contributed by atoms with van der Waals surface area (Å²) < 4.78 is 6.34. The second kappa shape index (κ2) is 8.60. The summed E-state index contributed by atoms with van der Waals surface area (Å²) in [5.74, 6) is 0.0324. The van der Waals surface area contributed by atoms with Gasteiger partial charge < -0.3 is 4.74 Å². The smallest absolute Gasteiger partial charge is 0.267 e. The first-order valence-electron chi connectivity index (χ1n) is 9.92. The van der Waals surface area contributed by atoms with E-state index in [1.54, 1.807) is 24.3 Å². The van der Waals surface area contributed by atoms with E-state index < -0.39 is 11.5 Å². The van der Waals surface area contributed by atoms with E-state index in [0.717, 1.165) is 37.5 Å². The molecule has 30 heavy (non-hydrogen) atoms. The number of Topliss-reactive ketones (excluding diaryl/α,β-unsaturated/α-hetero) is 1. The molecule has 4 rings (SSSR count). The van der Waals surface area contributed by atoms with Crippen LogP contribution >= 0.6 is 11.6 Å². The molecule has 1 spiro atoms. The molecule has 0 saturated carbocycles. The maximum Gasteiger partial charge on any atom is 0.267 e. The Hall–Kier alpha value is -2.67. The fourth-order valence-corrected chi connectivity index (χ4v) is 4.20. The van der Waals surface area contributed by atoms with Gasteiger partial charge in [-0.05, 0) is 41.5 Å². The summed E-state index contributed by atoms with van der Waals surface area (Å²) in [6, 6.07) is 13.2. The number of carbonyl (C=O) groups excluding carboxylic acids is 2. The van der Waals surface area contributed by atoms with Crippen molar-refractivity contribution in [3.05, 3.63) is 70.3 Å². The van der Waals surface area contributed by atoms with Gasteiger partial charge in [-0.1, -0.05) is 29.8 Å². The van der Waals surface area contributed by atoms with Gasteiger partial charge >= 0.3 is 0 Å². The molecule has 0 aromatic heterocycles. The number of carbonyl (C=O) groups is 2. The van der Waals surface area contributed by atoms with E-state index in [9.17, 15) is 9.59 Å². The Balaban J connectivity index is 1.42. The first kappa shape index (κ1) is 20.6. The fraction of sp³-hybridized carbons (Fsp3) is 0.304. The Morgan fingerprint density at radius 3 is 2.63 bits per heavy atom. The maximum absolute atomic E-state index is 12.9. The van der Waals surface area contributed by atoms with E-state index in [2.05, 4.69) is 4.90 Å². The molecule has 6 nitrogen and oxygen atoms in total. The zero-order valence-electron chi connectivity index (χ0n) is 16.4. The summed E-state index contributed by atoms with van der Waals surface area (Å²) in [5.41, 5.74) is 3.54. The molecule has 2 aromatic rings. The van der Waals surface area contributed by atoms with E-state index >= 15 is 0 Å². The second-order valence-corrected chi connectivity index (χ2v) is 8.29. The highest BCUT2D eigenvalue weighted by Crippen LogP contribution is 2.40. The zero-order chi connectivity index (χ0) is 21.1. The van der Waals surface area contributed by atoms with Crippen molar-refractivity contribution in [3.8, 4) is 5.75 Å². The molecule has 0 bridgehead atoms. The number of benzene rings is 2. The zero-order valence-corrected chi connectivity index (χ0v) is 17.2. The van der Waals surface area contributed by atoms with Crippen LogP contribution in [0.25, 0.3) is 6.08 Å². The van der Waals surface area contributed by atoms with Gasteiger partial charge in [-0.3, -0.25) is 19.7 Å². The number of nitrogens with zero attached hydrogens (tertiary/aromatic N) is 1. The molecule has 0 aliphatic carbocycles. The molecule has 0 unspecified atom stereocenters. The molecule has 2 aliphatic heterocycles.